The molecule has 0 aliphatic carbocycles. The topological polar surface area (TPSA) is 62.5 Å². The van der Waals surface area contributed by atoms with Gasteiger partial charge in [-0.05, 0) is 44.2 Å². The number of aromatic nitrogens is 2. The zero-order valence-corrected chi connectivity index (χ0v) is 14.5. The van der Waals surface area contributed by atoms with Crippen molar-refractivity contribution in [1.82, 2.24) is 15.1 Å². The summed E-state index contributed by atoms with van der Waals surface area (Å²) in [5, 5.41) is 7.96. The SMILES string of the molecule is Cc1nnc([C@H]2CCCN2C(=O)N2CCCc3c2ccc(C)c3F)o1. The second-order valence-electron chi connectivity index (χ2n) is 6.74. The molecular weight excluding hydrogens is 323 g/mol. The molecule has 2 aromatic rings. The predicted octanol–water partition coefficient (Wildman–Crippen LogP) is 3.54. The second kappa shape index (κ2) is 6.13. The first-order valence-corrected chi connectivity index (χ1v) is 8.72. The van der Waals surface area contributed by atoms with Crippen LogP contribution in [0.15, 0.2) is 16.5 Å². The third-order valence-corrected chi connectivity index (χ3v) is 5.07. The molecule has 1 atom stereocenters. The highest BCUT2D eigenvalue weighted by Gasteiger charge is 2.37. The molecule has 4 rings (SSSR count). The van der Waals surface area contributed by atoms with Crippen LogP contribution >= 0.6 is 0 Å². The molecule has 1 aromatic carbocycles. The minimum absolute atomic E-state index is 0.109. The Balaban J connectivity index is 1.65. The fourth-order valence-electron chi connectivity index (χ4n) is 3.81. The van der Waals surface area contributed by atoms with Gasteiger partial charge in [0.2, 0.25) is 11.8 Å². The number of carbonyl (C=O) groups excluding carboxylic acids is 1. The molecule has 1 fully saturated rings. The number of anilines is 1. The van der Waals surface area contributed by atoms with Gasteiger partial charge in [-0.1, -0.05) is 6.07 Å². The molecule has 1 aromatic heterocycles. The molecule has 0 spiro atoms. The Hall–Kier alpha value is -2.44. The number of likely N-dealkylation sites (tertiary alicyclic amines) is 1. The fraction of sp³-hybridized carbons (Fsp3) is 0.500. The lowest BCUT2D eigenvalue weighted by Crippen LogP contribution is -2.45. The van der Waals surface area contributed by atoms with Crippen molar-refractivity contribution >= 4 is 11.7 Å². The Labute approximate surface area is 145 Å². The third-order valence-electron chi connectivity index (χ3n) is 5.07. The summed E-state index contributed by atoms with van der Waals surface area (Å²) < 4.78 is 20.0. The summed E-state index contributed by atoms with van der Waals surface area (Å²) in [6.07, 6.45) is 3.12. The Morgan fingerprint density at radius 3 is 2.84 bits per heavy atom. The van der Waals surface area contributed by atoms with Gasteiger partial charge in [-0.3, -0.25) is 4.90 Å². The van der Waals surface area contributed by atoms with Gasteiger partial charge >= 0.3 is 6.03 Å². The minimum Gasteiger partial charge on any atom is -0.423 e. The number of amides is 2. The highest BCUT2D eigenvalue weighted by atomic mass is 19.1. The number of rotatable bonds is 1. The van der Waals surface area contributed by atoms with Crippen molar-refractivity contribution in [3.05, 3.63) is 40.9 Å². The Morgan fingerprint density at radius 2 is 2.08 bits per heavy atom. The standard InChI is InChI=1S/C18H21FN4O2/c1-11-7-8-14-13(16(11)19)5-3-9-22(14)18(24)23-10-4-6-15(23)17-21-20-12(2)25-17/h7-8,15H,3-6,9-10H2,1-2H3/t15-/m1/s1. The molecule has 0 radical (unpaired) electrons. The second-order valence-corrected chi connectivity index (χ2v) is 6.74. The van der Waals surface area contributed by atoms with Crippen molar-refractivity contribution in [2.75, 3.05) is 18.0 Å². The van der Waals surface area contributed by atoms with Gasteiger partial charge < -0.3 is 9.32 Å². The molecule has 0 N–H and O–H groups in total. The quantitative estimate of drug-likeness (QED) is 0.794. The van der Waals surface area contributed by atoms with Crippen LogP contribution in [-0.2, 0) is 6.42 Å². The van der Waals surface area contributed by atoms with Gasteiger partial charge in [0, 0.05) is 25.6 Å². The third kappa shape index (κ3) is 2.67. The number of benzene rings is 1. The average molecular weight is 344 g/mol. The van der Waals surface area contributed by atoms with E-state index in [1.54, 1.807) is 29.7 Å². The maximum absolute atomic E-state index is 14.5. The molecule has 132 valence electrons. The normalized spacial score (nSPS) is 20.0. The molecule has 2 aliphatic heterocycles. The van der Waals surface area contributed by atoms with Crippen LogP contribution in [0.5, 0.6) is 0 Å². The van der Waals surface area contributed by atoms with Gasteiger partial charge in [0.1, 0.15) is 11.9 Å². The van der Waals surface area contributed by atoms with E-state index in [1.165, 1.54) is 0 Å². The maximum atomic E-state index is 14.5. The first-order valence-electron chi connectivity index (χ1n) is 8.72. The lowest BCUT2D eigenvalue weighted by Gasteiger charge is -2.34. The van der Waals surface area contributed by atoms with Gasteiger partial charge in [0.15, 0.2) is 0 Å². The van der Waals surface area contributed by atoms with Crippen molar-refractivity contribution in [3.8, 4) is 0 Å². The Bertz CT molecular complexity index is 819. The van der Waals surface area contributed by atoms with Crippen molar-refractivity contribution in [2.24, 2.45) is 0 Å². The van der Waals surface area contributed by atoms with E-state index in [4.69, 9.17) is 4.42 Å². The number of fused-ring (bicyclic) bond motifs is 1. The molecule has 2 amide bonds. The summed E-state index contributed by atoms with van der Waals surface area (Å²) in [6, 6.07) is 3.28. The summed E-state index contributed by atoms with van der Waals surface area (Å²) in [5.41, 5.74) is 1.95. The van der Waals surface area contributed by atoms with Crippen LogP contribution in [0.2, 0.25) is 0 Å². The number of hydrogen-bond acceptors (Lipinski definition) is 4. The van der Waals surface area contributed by atoms with Gasteiger partial charge in [-0.25, -0.2) is 9.18 Å². The number of hydrogen-bond donors (Lipinski definition) is 0. The molecule has 7 heteroatoms. The summed E-state index contributed by atoms with van der Waals surface area (Å²) in [5.74, 6) is 0.784. The van der Waals surface area contributed by atoms with Crippen molar-refractivity contribution in [1.29, 1.82) is 0 Å². The number of aryl methyl sites for hydroxylation is 2. The van der Waals surface area contributed by atoms with Crippen molar-refractivity contribution in [2.45, 2.75) is 45.6 Å². The fourth-order valence-corrected chi connectivity index (χ4v) is 3.81. The van der Waals surface area contributed by atoms with Gasteiger partial charge in [-0.2, -0.15) is 0 Å². The van der Waals surface area contributed by atoms with Gasteiger partial charge in [-0.15, -0.1) is 10.2 Å². The average Bonchev–Trinajstić information content (AvgIpc) is 3.26. The predicted molar refractivity (Wildman–Crippen MR) is 89.9 cm³/mol. The molecule has 1 saturated heterocycles. The van der Waals surface area contributed by atoms with Crippen molar-refractivity contribution in [3.63, 3.8) is 0 Å². The van der Waals surface area contributed by atoms with Crippen LogP contribution < -0.4 is 4.90 Å². The first kappa shape index (κ1) is 16.1. The number of carbonyl (C=O) groups is 1. The van der Waals surface area contributed by atoms with E-state index in [0.717, 1.165) is 19.3 Å². The molecule has 25 heavy (non-hydrogen) atoms. The van der Waals surface area contributed by atoms with Crippen LogP contribution in [0.4, 0.5) is 14.9 Å². The summed E-state index contributed by atoms with van der Waals surface area (Å²) >= 11 is 0. The highest BCUT2D eigenvalue weighted by Crippen LogP contribution is 2.36. The lowest BCUT2D eigenvalue weighted by molar-refractivity contribution is 0.190. The van der Waals surface area contributed by atoms with Crippen LogP contribution in [-0.4, -0.2) is 34.2 Å². The van der Waals surface area contributed by atoms with Gasteiger partial charge in [0.05, 0.1) is 5.69 Å². The van der Waals surface area contributed by atoms with E-state index >= 15 is 0 Å². The van der Waals surface area contributed by atoms with Crippen LogP contribution in [0, 0.1) is 19.7 Å². The summed E-state index contributed by atoms with van der Waals surface area (Å²) in [6.45, 7) is 4.74. The van der Waals surface area contributed by atoms with E-state index < -0.39 is 0 Å². The smallest absolute Gasteiger partial charge is 0.325 e. The monoisotopic (exact) mass is 344 g/mol. The van der Waals surface area contributed by atoms with Crippen molar-refractivity contribution < 1.29 is 13.6 Å². The van der Waals surface area contributed by atoms with E-state index in [9.17, 15) is 9.18 Å². The number of urea groups is 1. The van der Waals surface area contributed by atoms with E-state index in [2.05, 4.69) is 10.2 Å². The lowest BCUT2D eigenvalue weighted by atomic mass is 9.99. The molecule has 2 aliphatic rings. The van der Waals surface area contributed by atoms with E-state index in [-0.39, 0.29) is 17.9 Å². The van der Waals surface area contributed by atoms with Crippen LogP contribution in [0.1, 0.15) is 48.2 Å². The van der Waals surface area contributed by atoms with Crippen LogP contribution in [0.25, 0.3) is 0 Å². The zero-order valence-electron chi connectivity index (χ0n) is 14.5. The molecule has 0 saturated carbocycles. The molecule has 6 nitrogen and oxygen atoms in total. The molecule has 0 unspecified atom stereocenters. The summed E-state index contributed by atoms with van der Waals surface area (Å²) in [7, 11) is 0. The van der Waals surface area contributed by atoms with E-state index in [1.807, 2.05) is 6.07 Å². The summed E-state index contributed by atoms with van der Waals surface area (Å²) in [4.78, 5) is 16.7. The largest absolute Gasteiger partial charge is 0.423 e. The number of halogens is 1. The van der Waals surface area contributed by atoms with Gasteiger partial charge in [0.25, 0.3) is 0 Å². The highest BCUT2D eigenvalue weighted by molar-refractivity contribution is 5.93. The zero-order chi connectivity index (χ0) is 17.6. The molecule has 3 heterocycles. The minimum atomic E-state index is -0.200. The Kier molecular flexibility index (Phi) is 3.94. The molecular formula is C18H21FN4O2. The van der Waals surface area contributed by atoms with Crippen LogP contribution in [0.3, 0.4) is 0 Å². The first-order chi connectivity index (χ1) is 12.1. The van der Waals surface area contributed by atoms with E-state index in [0.29, 0.717) is 48.1 Å². The number of nitrogens with zero attached hydrogens (tertiary/aromatic N) is 4. The maximum Gasteiger partial charge on any atom is 0.325 e. The Morgan fingerprint density at radius 1 is 1.24 bits per heavy atom. The molecule has 0 bridgehead atoms.